The van der Waals surface area contributed by atoms with Gasteiger partial charge in [0, 0.05) is 36.5 Å². The van der Waals surface area contributed by atoms with E-state index >= 15 is 0 Å². The van der Waals surface area contributed by atoms with E-state index in [4.69, 9.17) is 42.8 Å². The maximum Gasteiger partial charge on any atom is 0.407 e. The molecule has 2 unspecified atom stereocenters. The van der Waals surface area contributed by atoms with Crippen LogP contribution in [0.3, 0.4) is 0 Å². The van der Waals surface area contributed by atoms with Crippen LogP contribution in [0.1, 0.15) is 57.0 Å². The summed E-state index contributed by atoms with van der Waals surface area (Å²) >= 11 is 13.1. The second kappa shape index (κ2) is 11.4. The number of rotatable bonds is 6. The van der Waals surface area contributed by atoms with E-state index in [0.29, 0.717) is 52.1 Å². The van der Waals surface area contributed by atoms with E-state index in [1.165, 1.54) is 0 Å². The van der Waals surface area contributed by atoms with Crippen molar-refractivity contribution in [2.45, 2.75) is 71.6 Å². The summed E-state index contributed by atoms with van der Waals surface area (Å²) in [7, 11) is 0. The Morgan fingerprint density at radius 2 is 1.95 bits per heavy atom. The maximum atomic E-state index is 12.2. The Labute approximate surface area is 232 Å². The quantitative estimate of drug-likeness (QED) is 0.377. The zero-order valence-electron chi connectivity index (χ0n) is 22.2. The van der Waals surface area contributed by atoms with Crippen molar-refractivity contribution >= 4 is 40.8 Å². The minimum Gasteiger partial charge on any atom is -0.444 e. The van der Waals surface area contributed by atoms with E-state index in [-0.39, 0.29) is 12.1 Å². The SMILES string of the molecule is Cc1cc(NCCC2CC(NC(=O)OC(C)(C)C)CCO2)n2nc(C)c(-c3c(Cl)cc(C#N)cc3Cl)c2n1. The third-order valence-corrected chi connectivity index (χ3v) is 6.77. The highest BCUT2D eigenvalue weighted by Crippen LogP contribution is 2.40. The molecular formula is C27H32Cl2N6O3. The lowest BCUT2D eigenvalue weighted by molar-refractivity contribution is -0.00489. The number of alkyl carbamates (subject to hydrolysis) is 1. The molecule has 1 saturated heterocycles. The number of nitrogens with zero attached hydrogens (tertiary/aromatic N) is 4. The standard InChI is InChI=1S/C27H32Cl2N6O3/c1-15-10-22(31-8-6-19-13-18(7-9-37-19)33-26(36)38-27(3,4)5)35-25(32-15)23(16(2)34-35)24-20(28)11-17(14-30)12-21(24)29/h10-12,18-19,31H,6-9,13H2,1-5H3,(H,33,36). The molecule has 3 heterocycles. The normalized spacial score (nSPS) is 17.7. The number of carbonyl (C=O) groups is 1. The summed E-state index contributed by atoms with van der Waals surface area (Å²) in [5.74, 6) is 0.780. The molecular weight excluding hydrogens is 527 g/mol. The lowest BCUT2D eigenvalue weighted by Gasteiger charge is -2.31. The number of anilines is 1. The van der Waals surface area contributed by atoms with Crippen molar-refractivity contribution in [3.8, 4) is 17.2 Å². The van der Waals surface area contributed by atoms with Crippen LogP contribution in [0, 0.1) is 25.2 Å². The van der Waals surface area contributed by atoms with Gasteiger partial charge in [-0.15, -0.1) is 0 Å². The minimum absolute atomic E-state index is 0.000734. The summed E-state index contributed by atoms with van der Waals surface area (Å²) in [5.41, 5.74) is 3.32. The number of carbonyl (C=O) groups excluding carboxylic acids is 1. The van der Waals surface area contributed by atoms with Gasteiger partial charge in [-0.05, 0) is 66.0 Å². The number of nitriles is 1. The number of ether oxygens (including phenoxy) is 2. The van der Waals surface area contributed by atoms with Gasteiger partial charge in [0.15, 0.2) is 5.65 Å². The van der Waals surface area contributed by atoms with Crippen LogP contribution >= 0.6 is 23.2 Å². The fourth-order valence-corrected chi connectivity index (χ4v) is 5.26. The van der Waals surface area contributed by atoms with Gasteiger partial charge in [0.25, 0.3) is 0 Å². The number of fused-ring (bicyclic) bond motifs is 1. The van der Waals surface area contributed by atoms with Crippen LogP contribution in [-0.2, 0) is 9.47 Å². The lowest BCUT2D eigenvalue weighted by atomic mass is 10.0. The molecule has 0 spiro atoms. The molecule has 4 rings (SSSR count). The first kappa shape index (κ1) is 28.0. The first-order valence-corrected chi connectivity index (χ1v) is 13.3. The van der Waals surface area contributed by atoms with Crippen LogP contribution in [0.15, 0.2) is 18.2 Å². The largest absolute Gasteiger partial charge is 0.444 e. The molecule has 1 amide bonds. The smallest absolute Gasteiger partial charge is 0.407 e. The lowest BCUT2D eigenvalue weighted by Crippen LogP contribution is -2.44. The summed E-state index contributed by atoms with van der Waals surface area (Å²) in [6.45, 7) is 10.5. The molecule has 202 valence electrons. The third-order valence-electron chi connectivity index (χ3n) is 6.17. The molecule has 0 radical (unpaired) electrons. The summed E-state index contributed by atoms with van der Waals surface area (Å²) in [6.07, 6.45) is 1.81. The van der Waals surface area contributed by atoms with Gasteiger partial charge in [-0.1, -0.05) is 23.2 Å². The molecule has 2 atom stereocenters. The van der Waals surface area contributed by atoms with Crippen molar-refractivity contribution in [2.24, 2.45) is 0 Å². The molecule has 11 heteroatoms. The van der Waals surface area contributed by atoms with Gasteiger partial charge in [0.05, 0.1) is 39.0 Å². The summed E-state index contributed by atoms with van der Waals surface area (Å²) in [5, 5.41) is 21.1. The maximum absolute atomic E-state index is 12.2. The van der Waals surface area contributed by atoms with Gasteiger partial charge in [-0.3, -0.25) is 0 Å². The van der Waals surface area contributed by atoms with Crippen molar-refractivity contribution < 1.29 is 14.3 Å². The molecule has 0 saturated carbocycles. The van der Waals surface area contributed by atoms with Gasteiger partial charge in [0.2, 0.25) is 0 Å². The molecule has 2 N–H and O–H groups in total. The topological polar surface area (TPSA) is 114 Å². The van der Waals surface area contributed by atoms with E-state index in [0.717, 1.165) is 29.9 Å². The number of aryl methyl sites for hydroxylation is 2. The van der Waals surface area contributed by atoms with Crippen LogP contribution in [0.2, 0.25) is 10.0 Å². The molecule has 3 aromatic rings. The molecule has 9 nitrogen and oxygen atoms in total. The van der Waals surface area contributed by atoms with E-state index < -0.39 is 11.7 Å². The average Bonchev–Trinajstić information content (AvgIpc) is 3.13. The van der Waals surface area contributed by atoms with Crippen LogP contribution < -0.4 is 10.6 Å². The molecule has 0 aliphatic carbocycles. The first-order valence-electron chi connectivity index (χ1n) is 12.6. The van der Waals surface area contributed by atoms with Crippen LogP contribution in [0.25, 0.3) is 16.8 Å². The van der Waals surface area contributed by atoms with Crippen LogP contribution in [-0.4, -0.2) is 51.6 Å². The molecule has 1 aromatic carbocycles. The number of halogens is 2. The molecule has 1 fully saturated rings. The minimum atomic E-state index is -0.534. The Hall–Kier alpha value is -3.06. The van der Waals surface area contributed by atoms with Gasteiger partial charge in [0.1, 0.15) is 11.4 Å². The molecule has 38 heavy (non-hydrogen) atoms. The first-order chi connectivity index (χ1) is 17.9. The number of aromatic nitrogens is 3. The number of nitrogens with one attached hydrogen (secondary N) is 2. The van der Waals surface area contributed by atoms with Gasteiger partial charge >= 0.3 is 6.09 Å². The fraction of sp³-hybridized carbons (Fsp3) is 0.481. The predicted molar refractivity (Wildman–Crippen MR) is 148 cm³/mol. The van der Waals surface area contributed by atoms with Crippen molar-refractivity contribution in [2.75, 3.05) is 18.5 Å². The van der Waals surface area contributed by atoms with Gasteiger partial charge in [-0.25, -0.2) is 9.78 Å². The number of amides is 1. The Balaban J connectivity index is 1.48. The highest BCUT2D eigenvalue weighted by atomic mass is 35.5. The Morgan fingerprint density at radius 3 is 2.61 bits per heavy atom. The van der Waals surface area contributed by atoms with E-state index in [1.54, 1.807) is 16.6 Å². The van der Waals surface area contributed by atoms with E-state index in [2.05, 4.69) is 16.7 Å². The fourth-order valence-electron chi connectivity index (χ4n) is 4.59. The average molecular weight is 559 g/mol. The number of hydrogen-bond donors (Lipinski definition) is 2. The third kappa shape index (κ3) is 6.49. The monoisotopic (exact) mass is 558 g/mol. The summed E-state index contributed by atoms with van der Waals surface area (Å²) < 4.78 is 13.1. The van der Waals surface area contributed by atoms with E-state index in [9.17, 15) is 10.1 Å². The zero-order chi connectivity index (χ0) is 27.6. The van der Waals surface area contributed by atoms with Crippen molar-refractivity contribution in [1.82, 2.24) is 19.9 Å². The van der Waals surface area contributed by atoms with Crippen molar-refractivity contribution in [3.05, 3.63) is 45.2 Å². The van der Waals surface area contributed by atoms with Crippen LogP contribution in [0.5, 0.6) is 0 Å². The molecule has 2 aromatic heterocycles. The van der Waals surface area contributed by atoms with Crippen molar-refractivity contribution in [3.63, 3.8) is 0 Å². The van der Waals surface area contributed by atoms with Crippen molar-refractivity contribution in [1.29, 1.82) is 5.26 Å². The van der Waals surface area contributed by atoms with Crippen LogP contribution in [0.4, 0.5) is 10.6 Å². The Bertz CT molecular complexity index is 1370. The second-order valence-corrected chi connectivity index (χ2v) is 11.3. The Kier molecular flexibility index (Phi) is 8.36. The number of benzene rings is 1. The molecule has 1 aliphatic rings. The highest BCUT2D eigenvalue weighted by Gasteiger charge is 2.26. The van der Waals surface area contributed by atoms with Gasteiger partial charge < -0.3 is 20.1 Å². The molecule has 0 bridgehead atoms. The zero-order valence-corrected chi connectivity index (χ0v) is 23.7. The predicted octanol–water partition coefficient (Wildman–Crippen LogP) is 6.07. The van der Waals surface area contributed by atoms with E-state index in [1.807, 2.05) is 40.7 Å². The second-order valence-electron chi connectivity index (χ2n) is 10.5. The Morgan fingerprint density at radius 1 is 1.24 bits per heavy atom. The number of hydrogen-bond acceptors (Lipinski definition) is 7. The summed E-state index contributed by atoms with van der Waals surface area (Å²) in [4.78, 5) is 16.9. The molecule has 1 aliphatic heterocycles. The highest BCUT2D eigenvalue weighted by molar-refractivity contribution is 6.39. The van der Waals surface area contributed by atoms with Gasteiger partial charge in [-0.2, -0.15) is 14.9 Å². The summed E-state index contributed by atoms with van der Waals surface area (Å²) in [6, 6.07) is 7.20.